The van der Waals surface area contributed by atoms with Crippen molar-refractivity contribution in [3.8, 4) is 0 Å². The van der Waals surface area contributed by atoms with E-state index in [0.717, 1.165) is 13.2 Å². The molecule has 2 heteroatoms. The predicted octanol–water partition coefficient (Wildman–Crippen LogP) is 4.34. The minimum atomic E-state index is 0.552. The number of ether oxygens (including phenoxy) is 1. The second kappa shape index (κ2) is 9.97. The first-order valence-corrected chi connectivity index (χ1v) is 8.77. The van der Waals surface area contributed by atoms with Crippen molar-refractivity contribution in [2.24, 2.45) is 0 Å². The summed E-state index contributed by atoms with van der Waals surface area (Å²) in [4.78, 5) is 0. The highest BCUT2D eigenvalue weighted by molar-refractivity contribution is 5.14. The molecule has 1 N–H and O–H groups in total. The highest BCUT2D eigenvalue weighted by atomic mass is 16.5. The van der Waals surface area contributed by atoms with Gasteiger partial charge in [-0.05, 0) is 63.5 Å². The van der Waals surface area contributed by atoms with E-state index in [1.54, 1.807) is 0 Å². The molecule has 2 unspecified atom stereocenters. The monoisotopic (exact) mass is 289 g/mol. The normalized spacial score (nSPS) is 19.8. The molecule has 0 saturated carbocycles. The number of hydrogen-bond acceptors (Lipinski definition) is 2. The van der Waals surface area contributed by atoms with Crippen LogP contribution in [0.15, 0.2) is 30.3 Å². The molecule has 1 heterocycles. The maximum Gasteiger partial charge on any atom is 0.0576 e. The molecule has 0 spiro atoms. The quantitative estimate of drug-likeness (QED) is 0.692. The fourth-order valence-corrected chi connectivity index (χ4v) is 3.30. The lowest BCUT2D eigenvalue weighted by Gasteiger charge is -2.18. The van der Waals surface area contributed by atoms with E-state index >= 15 is 0 Å². The molecule has 1 fully saturated rings. The molecule has 1 aliphatic rings. The Bertz CT molecular complexity index is 359. The summed E-state index contributed by atoms with van der Waals surface area (Å²) >= 11 is 0. The molecule has 0 radical (unpaired) electrons. The predicted molar refractivity (Wildman–Crippen MR) is 89.7 cm³/mol. The van der Waals surface area contributed by atoms with Crippen LogP contribution in [0.4, 0.5) is 0 Å². The van der Waals surface area contributed by atoms with Gasteiger partial charge in [0.05, 0.1) is 6.10 Å². The fraction of sp³-hybridized carbons (Fsp3) is 0.684. The second-order valence-electron chi connectivity index (χ2n) is 6.20. The Morgan fingerprint density at radius 3 is 2.71 bits per heavy atom. The number of hydrogen-bond donors (Lipinski definition) is 1. The van der Waals surface area contributed by atoms with Crippen molar-refractivity contribution < 1.29 is 4.74 Å². The van der Waals surface area contributed by atoms with Gasteiger partial charge < -0.3 is 10.1 Å². The largest absolute Gasteiger partial charge is 0.378 e. The lowest BCUT2D eigenvalue weighted by Crippen LogP contribution is -2.29. The molecule has 2 rings (SSSR count). The van der Waals surface area contributed by atoms with E-state index in [1.165, 1.54) is 56.9 Å². The van der Waals surface area contributed by atoms with E-state index in [0.29, 0.717) is 12.1 Å². The van der Waals surface area contributed by atoms with Crippen LogP contribution in [0.1, 0.15) is 57.4 Å². The first kappa shape index (κ1) is 16.5. The summed E-state index contributed by atoms with van der Waals surface area (Å²) in [6.07, 6.45) is 10.7. The molecule has 0 amide bonds. The molecule has 2 atom stereocenters. The van der Waals surface area contributed by atoms with Crippen molar-refractivity contribution in [1.82, 2.24) is 5.32 Å². The van der Waals surface area contributed by atoms with E-state index < -0.39 is 0 Å². The third-order valence-corrected chi connectivity index (χ3v) is 4.46. The topological polar surface area (TPSA) is 21.3 Å². The molecule has 1 aromatic carbocycles. The summed E-state index contributed by atoms with van der Waals surface area (Å²) in [5, 5.41) is 3.65. The van der Waals surface area contributed by atoms with E-state index in [-0.39, 0.29) is 0 Å². The van der Waals surface area contributed by atoms with E-state index in [1.807, 2.05) is 0 Å². The van der Waals surface area contributed by atoms with Crippen LogP contribution < -0.4 is 5.32 Å². The van der Waals surface area contributed by atoms with Crippen LogP contribution in [0.5, 0.6) is 0 Å². The second-order valence-corrected chi connectivity index (χ2v) is 6.20. The molecule has 1 aliphatic heterocycles. The van der Waals surface area contributed by atoms with Crippen LogP contribution in [0, 0.1) is 0 Å². The van der Waals surface area contributed by atoms with Crippen LogP contribution >= 0.6 is 0 Å². The third-order valence-electron chi connectivity index (χ3n) is 4.46. The van der Waals surface area contributed by atoms with Gasteiger partial charge in [-0.1, -0.05) is 37.3 Å². The van der Waals surface area contributed by atoms with Gasteiger partial charge in [-0.25, -0.2) is 0 Å². The molecular formula is C19H31NO. The first-order chi connectivity index (χ1) is 10.4. The summed E-state index contributed by atoms with van der Waals surface area (Å²) in [6.45, 7) is 4.28. The van der Waals surface area contributed by atoms with Crippen LogP contribution in [0.2, 0.25) is 0 Å². The number of benzene rings is 1. The summed E-state index contributed by atoms with van der Waals surface area (Å²) in [6, 6.07) is 11.5. The zero-order chi connectivity index (χ0) is 14.8. The molecule has 21 heavy (non-hydrogen) atoms. The maximum absolute atomic E-state index is 5.71. The summed E-state index contributed by atoms with van der Waals surface area (Å²) in [5.41, 5.74) is 1.46. The maximum atomic E-state index is 5.71. The van der Waals surface area contributed by atoms with Crippen molar-refractivity contribution in [2.45, 2.75) is 70.4 Å². The summed E-state index contributed by atoms with van der Waals surface area (Å²) in [7, 11) is 0. The Kier molecular flexibility index (Phi) is 7.83. The number of rotatable bonds is 10. The van der Waals surface area contributed by atoms with Gasteiger partial charge in [-0.2, -0.15) is 0 Å². The average Bonchev–Trinajstić information content (AvgIpc) is 3.02. The van der Waals surface area contributed by atoms with Crippen molar-refractivity contribution in [2.75, 3.05) is 13.2 Å². The van der Waals surface area contributed by atoms with E-state index in [9.17, 15) is 0 Å². The third kappa shape index (κ3) is 6.62. The Morgan fingerprint density at radius 1 is 1.19 bits per heavy atom. The van der Waals surface area contributed by atoms with Crippen LogP contribution in [-0.2, 0) is 11.2 Å². The molecule has 2 nitrogen and oxygen atoms in total. The van der Waals surface area contributed by atoms with Gasteiger partial charge >= 0.3 is 0 Å². The highest BCUT2D eigenvalue weighted by Crippen LogP contribution is 2.19. The number of nitrogens with one attached hydrogen (secondary N) is 1. The van der Waals surface area contributed by atoms with E-state index in [4.69, 9.17) is 4.74 Å². The lowest BCUT2D eigenvalue weighted by molar-refractivity contribution is 0.101. The minimum Gasteiger partial charge on any atom is -0.378 e. The van der Waals surface area contributed by atoms with Gasteiger partial charge in [0.2, 0.25) is 0 Å². The molecule has 1 aromatic rings. The molecular weight excluding hydrogens is 258 g/mol. The van der Waals surface area contributed by atoms with Gasteiger partial charge in [-0.15, -0.1) is 0 Å². The van der Waals surface area contributed by atoms with Gasteiger partial charge in [-0.3, -0.25) is 0 Å². The molecule has 0 bridgehead atoms. The average molecular weight is 289 g/mol. The van der Waals surface area contributed by atoms with Crippen molar-refractivity contribution in [1.29, 1.82) is 0 Å². The van der Waals surface area contributed by atoms with Gasteiger partial charge in [0.15, 0.2) is 0 Å². The van der Waals surface area contributed by atoms with Crippen LogP contribution in [0.3, 0.4) is 0 Å². The van der Waals surface area contributed by atoms with Gasteiger partial charge in [0.25, 0.3) is 0 Å². The first-order valence-electron chi connectivity index (χ1n) is 8.77. The Morgan fingerprint density at radius 2 is 2.00 bits per heavy atom. The number of aryl methyl sites for hydroxylation is 1. The molecule has 118 valence electrons. The SMILES string of the molecule is CCNC(CCCc1ccccc1)CCCC1CCCO1. The molecule has 0 aliphatic carbocycles. The Balaban J connectivity index is 1.61. The van der Waals surface area contributed by atoms with Gasteiger partial charge in [0.1, 0.15) is 0 Å². The Hall–Kier alpha value is -0.860. The van der Waals surface area contributed by atoms with E-state index in [2.05, 4.69) is 42.6 Å². The van der Waals surface area contributed by atoms with Crippen LogP contribution in [-0.4, -0.2) is 25.3 Å². The van der Waals surface area contributed by atoms with Crippen molar-refractivity contribution in [3.63, 3.8) is 0 Å². The zero-order valence-corrected chi connectivity index (χ0v) is 13.5. The summed E-state index contributed by atoms with van der Waals surface area (Å²) < 4.78 is 5.71. The minimum absolute atomic E-state index is 0.552. The highest BCUT2D eigenvalue weighted by Gasteiger charge is 2.16. The van der Waals surface area contributed by atoms with Crippen LogP contribution in [0.25, 0.3) is 0 Å². The Labute approximate surface area is 130 Å². The van der Waals surface area contributed by atoms with Crippen molar-refractivity contribution in [3.05, 3.63) is 35.9 Å². The molecule has 1 saturated heterocycles. The smallest absolute Gasteiger partial charge is 0.0576 e. The van der Waals surface area contributed by atoms with Gasteiger partial charge in [0, 0.05) is 12.6 Å². The fourth-order valence-electron chi connectivity index (χ4n) is 3.30. The summed E-state index contributed by atoms with van der Waals surface area (Å²) in [5.74, 6) is 0. The lowest BCUT2D eigenvalue weighted by atomic mass is 9.99. The zero-order valence-electron chi connectivity index (χ0n) is 13.5. The van der Waals surface area contributed by atoms with Crippen molar-refractivity contribution >= 4 is 0 Å². The standard InChI is InChI=1S/C19H31NO/c1-2-20-18(13-7-14-19-15-8-16-21-19)12-6-11-17-9-4-3-5-10-17/h3-5,9-10,18-20H,2,6-8,11-16H2,1H3. The molecule has 0 aromatic heterocycles.